The van der Waals surface area contributed by atoms with Gasteiger partial charge in [0.15, 0.2) is 0 Å². The van der Waals surface area contributed by atoms with E-state index < -0.39 is 11.4 Å². The minimum atomic E-state index is -0.754. The Hall–Kier alpha value is -1.22. The molecular formula is C12H18N2O3S. The number of piperidine rings is 1. The zero-order valence-electron chi connectivity index (χ0n) is 10.5. The maximum Gasteiger partial charge on any atom is 0.309 e. The van der Waals surface area contributed by atoms with E-state index in [9.17, 15) is 14.7 Å². The van der Waals surface area contributed by atoms with Crippen molar-refractivity contribution in [1.82, 2.24) is 4.90 Å². The Morgan fingerprint density at radius 2 is 2.06 bits per heavy atom. The fourth-order valence-corrected chi connectivity index (χ4v) is 2.73. The molecule has 0 aromatic heterocycles. The van der Waals surface area contributed by atoms with E-state index in [1.807, 2.05) is 13.0 Å². The largest absolute Gasteiger partial charge is 0.481 e. The maximum absolute atomic E-state index is 11.8. The van der Waals surface area contributed by atoms with Gasteiger partial charge in [-0.25, -0.2) is 0 Å². The predicted molar refractivity (Wildman–Crippen MR) is 69.1 cm³/mol. The SMILES string of the molecule is CCC1(C(=O)O)CCN(C(=O)CSCC#N)CC1. The smallest absolute Gasteiger partial charge is 0.309 e. The number of carbonyl (C=O) groups excluding carboxylic acids is 1. The van der Waals surface area contributed by atoms with Crippen molar-refractivity contribution in [3.8, 4) is 6.07 Å². The van der Waals surface area contributed by atoms with Crippen molar-refractivity contribution in [2.45, 2.75) is 26.2 Å². The molecule has 0 unspecified atom stereocenters. The molecule has 1 amide bonds. The number of carboxylic acids is 1. The van der Waals surface area contributed by atoms with Crippen molar-refractivity contribution < 1.29 is 14.7 Å². The molecular weight excluding hydrogens is 252 g/mol. The number of nitriles is 1. The summed E-state index contributed by atoms with van der Waals surface area (Å²) in [5.74, 6) is -0.130. The Bertz CT molecular complexity index is 357. The fraction of sp³-hybridized carbons (Fsp3) is 0.750. The molecule has 6 heteroatoms. The molecule has 0 saturated carbocycles. The van der Waals surface area contributed by atoms with Crippen LogP contribution in [0.4, 0.5) is 0 Å². The normalized spacial score (nSPS) is 18.1. The van der Waals surface area contributed by atoms with Crippen molar-refractivity contribution in [1.29, 1.82) is 5.26 Å². The summed E-state index contributed by atoms with van der Waals surface area (Å²) in [5.41, 5.74) is -0.656. The second kappa shape index (κ2) is 6.64. The van der Waals surface area contributed by atoms with Crippen LogP contribution < -0.4 is 0 Å². The molecule has 18 heavy (non-hydrogen) atoms. The van der Waals surface area contributed by atoms with E-state index in [0.29, 0.717) is 43.9 Å². The van der Waals surface area contributed by atoms with Crippen LogP contribution in [0.25, 0.3) is 0 Å². The molecule has 0 aromatic carbocycles. The van der Waals surface area contributed by atoms with Gasteiger partial charge in [-0.05, 0) is 19.3 Å². The second-order valence-corrected chi connectivity index (χ2v) is 5.46. The summed E-state index contributed by atoms with van der Waals surface area (Å²) >= 11 is 1.30. The minimum Gasteiger partial charge on any atom is -0.481 e. The Kier molecular flexibility index (Phi) is 5.48. The van der Waals surface area contributed by atoms with Crippen molar-refractivity contribution in [3.63, 3.8) is 0 Å². The summed E-state index contributed by atoms with van der Waals surface area (Å²) in [4.78, 5) is 24.8. The summed E-state index contributed by atoms with van der Waals surface area (Å²) in [6, 6.07) is 1.98. The Morgan fingerprint density at radius 3 is 2.50 bits per heavy atom. The van der Waals surface area contributed by atoms with Gasteiger partial charge in [0.25, 0.3) is 0 Å². The Balaban J connectivity index is 2.46. The first-order valence-electron chi connectivity index (χ1n) is 6.01. The van der Waals surface area contributed by atoms with Crippen molar-refractivity contribution in [3.05, 3.63) is 0 Å². The highest BCUT2D eigenvalue weighted by atomic mass is 32.2. The molecule has 100 valence electrons. The van der Waals surface area contributed by atoms with Crippen LogP contribution in [0, 0.1) is 16.7 Å². The first-order valence-corrected chi connectivity index (χ1v) is 7.17. The van der Waals surface area contributed by atoms with Gasteiger partial charge in [-0.1, -0.05) is 6.92 Å². The molecule has 0 aliphatic carbocycles. The number of carbonyl (C=O) groups is 2. The molecule has 0 aromatic rings. The highest BCUT2D eigenvalue weighted by Gasteiger charge is 2.40. The predicted octanol–water partition coefficient (Wildman–Crippen LogP) is 1.35. The quantitative estimate of drug-likeness (QED) is 0.762. The van der Waals surface area contributed by atoms with Crippen molar-refractivity contribution >= 4 is 23.6 Å². The molecule has 0 bridgehead atoms. The lowest BCUT2D eigenvalue weighted by molar-refractivity contribution is -0.154. The summed E-state index contributed by atoms with van der Waals surface area (Å²) in [6.07, 6.45) is 1.65. The molecule has 1 fully saturated rings. The molecule has 0 radical (unpaired) electrons. The number of hydrogen-bond acceptors (Lipinski definition) is 4. The van der Waals surface area contributed by atoms with Crippen LogP contribution in [-0.2, 0) is 9.59 Å². The molecule has 1 rings (SSSR count). The molecule has 0 spiro atoms. The molecule has 1 aliphatic rings. The van der Waals surface area contributed by atoms with Gasteiger partial charge in [0, 0.05) is 13.1 Å². The number of nitrogens with zero attached hydrogens (tertiary/aromatic N) is 2. The number of rotatable bonds is 5. The Morgan fingerprint density at radius 1 is 1.44 bits per heavy atom. The lowest BCUT2D eigenvalue weighted by Crippen LogP contribution is -2.46. The topological polar surface area (TPSA) is 81.4 Å². The molecule has 5 nitrogen and oxygen atoms in total. The van der Waals surface area contributed by atoms with Crippen LogP contribution in [0.15, 0.2) is 0 Å². The van der Waals surface area contributed by atoms with Gasteiger partial charge in [-0.3, -0.25) is 9.59 Å². The summed E-state index contributed by atoms with van der Waals surface area (Å²) in [5, 5.41) is 17.6. The first-order chi connectivity index (χ1) is 8.55. The van der Waals surface area contributed by atoms with Gasteiger partial charge in [-0.15, -0.1) is 11.8 Å². The summed E-state index contributed by atoms with van der Waals surface area (Å²) in [7, 11) is 0. The third kappa shape index (κ3) is 3.39. The van der Waals surface area contributed by atoms with Gasteiger partial charge in [0.05, 0.1) is 23.0 Å². The van der Waals surface area contributed by atoms with Crippen LogP contribution >= 0.6 is 11.8 Å². The summed E-state index contributed by atoms with van der Waals surface area (Å²) in [6.45, 7) is 2.90. The maximum atomic E-state index is 11.8. The number of aliphatic carboxylic acids is 1. The van der Waals surface area contributed by atoms with Gasteiger partial charge in [-0.2, -0.15) is 5.26 Å². The van der Waals surface area contributed by atoms with Crippen LogP contribution in [0.1, 0.15) is 26.2 Å². The van der Waals surface area contributed by atoms with Crippen LogP contribution in [-0.4, -0.2) is 46.5 Å². The lowest BCUT2D eigenvalue weighted by atomic mass is 9.76. The second-order valence-electron chi connectivity index (χ2n) is 4.47. The molecule has 0 atom stereocenters. The third-order valence-electron chi connectivity index (χ3n) is 3.60. The van der Waals surface area contributed by atoms with Gasteiger partial charge in [0.1, 0.15) is 0 Å². The number of hydrogen-bond donors (Lipinski definition) is 1. The van der Waals surface area contributed by atoms with E-state index in [1.54, 1.807) is 4.90 Å². The van der Waals surface area contributed by atoms with Crippen molar-refractivity contribution in [2.75, 3.05) is 24.6 Å². The van der Waals surface area contributed by atoms with E-state index in [2.05, 4.69) is 0 Å². The van der Waals surface area contributed by atoms with E-state index in [1.165, 1.54) is 11.8 Å². The van der Waals surface area contributed by atoms with Crippen LogP contribution in [0.3, 0.4) is 0 Å². The lowest BCUT2D eigenvalue weighted by Gasteiger charge is -2.38. The van der Waals surface area contributed by atoms with E-state index in [0.717, 1.165) is 0 Å². The number of thioether (sulfide) groups is 1. The van der Waals surface area contributed by atoms with Gasteiger partial charge >= 0.3 is 5.97 Å². The number of likely N-dealkylation sites (tertiary alicyclic amines) is 1. The first kappa shape index (κ1) is 14.8. The fourth-order valence-electron chi connectivity index (χ4n) is 2.18. The summed E-state index contributed by atoms with van der Waals surface area (Å²) < 4.78 is 0. The zero-order chi connectivity index (χ0) is 13.6. The molecule has 1 aliphatic heterocycles. The number of amides is 1. The average molecular weight is 270 g/mol. The molecule has 1 N–H and O–H groups in total. The van der Waals surface area contributed by atoms with Gasteiger partial charge < -0.3 is 10.0 Å². The highest BCUT2D eigenvalue weighted by molar-refractivity contribution is 8.00. The molecule has 1 heterocycles. The van der Waals surface area contributed by atoms with Crippen LogP contribution in [0.5, 0.6) is 0 Å². The van der Waals surface area contributed by atoms with Crippen LogP contribution in [0.2, 0.25) is 0 Å². The standard InChI is InChI=1S/C12H18N2O3S/c1-2-12(11(16)17)3-6-14(7-4-12)10(15)9-18-8-5-13/h2-4,6-9H2,1H3,(H,16,17). The van der Waals surface area contributed by atoms with E-state index in [4.69, 9.17) is 5.26 Å². The third-order valence-corrected chi connectivity index (χ3v) is 4.38. The number of carboxylic acid groups (broad SMARTS) is 1. The highest BCUT2D eigenvalue weighted by Crippen LogP contribution is 2.35. The molecule has 1 saturated heterocycles. The zero-order valence-corrected chi connectivity index (χ0v) is 11.3. The average Bonchev–Trinajstić information content (AvgIpc) is 2.38. The Labute approximate surface area is 111 Å². The monoisotopic (exact) mass is 270 g/mol. The van der Waals surface area contributed by atoms with Gasteiger partial charge in [0.2, 0.25) is 5.91 Å². The minimum absolute atomic E-state index is 0.00495. The van der Waals surface area contributed by atoms with Crippen molar-refractivity contribution in [2.24, 2.45) is 5.41 Å². The van der Waals surface area contributed by atoms with E-state index >= 15 is 0 Å². The van der Waals surface area contributed by atoms with E-state index in [-0.39, 0.29) is 5.91 Å².